The number of carbonyl (C=O) groups excluding carboxylic acids is 2. The first-order chi connectivity index (χ1) is 9.09. The van der Waals surface area contributed by atoms with E-state index < -0.39 is 0 Å². The zero-order valence-electron chi connectivity index (χ0n) is 10.9. The van der Waals surface area contributed by atoms with Crippen molar-refractivity contribution in [2.45, 2.75) is 32.6 Å². The van der Waals surface area contributed by atoms with Gasteiger partial charge in [0.1, 0.15) is 0 Å². The third kappa shape index (κ3) is 2.02. The molecule has 3 nitrogen and oxygen atoms in total. The molecule has 2 amide bonds. The first-order valence-corrected chi connectivity index (χ1v) is 7.53. The molecule has 1 aromatic rings. The van der Waals surface area contributed by atoms with Crippen molar-refractivity contribution >= 4 is 33.4 Å². The normalized spacial score (nSPS) is 26.7. The Bertz CT molecular complexity index is 531. The lowest BCUT2D eigenvalue weighted by molar-refractivity contribution is -0.122. The number of amides is 2. The minimum Gasteiger partial charge on any atom is -0.274 e. The minimum atomic E-state index is -0.0794. The van der Waals surface area contributed by atoms with E-state index >= 15 is 0 Å². The molecule has 2 fully saturated rings. The molecule has 2 aliphatic rings. The number of nitrogens with zero attached hydrogens (tertiary/aromatic N) is 1. The maximum Gasteiger partial charge on any atom is 0.237 e. The number of rotatable bonds is 1. The molecule has 100 valence electrons. The van der Waals surface area contributed by atoms with Gasteiger partial charge in [0.25, 0.3) is 0 Å². The van der Waals surface area contributed by atoms with Crippen LogP contribution in [0.1, 0.15) is 31.2 Å². The van der Waals surface area contributed by atoms with Crippen molar-refractivity contribution in [3.05, 3.63) is 28.2 Å². The number of anilines is 1. The largest absolute Gasteiger partial charge is 0.274 e. The molecule has 4 heteroatoms. The maximum atomic E-state index is 12.5. The molecule has 19 heavy (non-hydrogen) atoms. The monoisotopic (exact) mass is 321 g/mol. The molecular weight excluding hydrogens is 306 g/mol. The van der Waals surface area contributed by atoms with Crippen molar-refractivity contribution < 1.29 is 9.59 Å². The van der Waals surface area contributed by atoms with Crippen LogP contribution >= 0.6 is 15.9 Å². The van der Waals surface area contributed by atoms with Gasteiger partial charge in [-0.05, 0) is 43.5 Å². The van der Waals surface area contributed by atoms with Gasteiger partial charge in [0, 0.05) is 4.47 Å². The topological polar surface area (TPSA) is 37.4 Å². The number of halogens is 1. The van der Waals surface area contributed by atoms with E-state index in [2.05, 4.69) is 15.9 Å². The molecule has 0 bridgehead atoms. The van der Waals surface area contributed by atoms with Gasteiger partial charge in [-0.25, -0.2) is 4.90 Å². The van der Waals surface area contributed by atoms with Gasteiger partial charge in [0.05, 0.1) is 17.5 Å². The van der Waals surface area contributed by atoms with Crippen molar-refractivity contribution in [1.29, 1.82) is 0 Å². The van der Waals surface area contributed by atoms with Crippen LogP contribution in [0.3, 0.4) is 0 Å². The standard InChI is InChI=1S/C15H16BrNO2/c1-9-8-10(16)6-7-13(9)17-14(18)11-4-2-3-5-12(11)15(17)19/h6-8,11-12H,2-5H2,1H3/t11-,12+. The highest BCUT2D eigenvalue weighted by Gasteiger charge is 2.48. The van der Waals surface area contributed by atoms with E-state index in [1.54, 1.807) is 0 Å². The molecule has 1 saturated carbocycles. The number of fused-ring (bicyclic) bond motifs is 1. The second kappa shape index (κ2) is 4.75. The summed E-state index contributed by atoms with van der Waals surface area (Å²) < 4.78 is 0.963. The van der Waals surface area contributed by atoms with Crippen LogP contribution in [0.4, 0.5) is 5.69 Å². The molecule has 0 aromatic heterocycles. The van der Waals surface area contributed by atoms with Gasteiger partial charge < -0.3 is 0 Å². The zero-order chi connectivity index (χ0) is 13.6. The number of hydrogen-bond acceptors (Lipinski definition) is 2. The van der Waals surface area contributed by atoms with Crippen molar-refractivity contribution in [2.24, 2.45) is 11.8 Å². The predicted molar refractivity (Wildman–Crippen MR) is 76.8 cm³/mol. The molecule has 2 atom stereocenters. The van der Waals surface area contributed by atoms with E-state index in [1.807, 2.05) is 25.1 Å². The van der Waals surface area contributed by atoms with E-state index in [0.29, 0.717) is 0 Å². The SMILES string of the molecule is Cc1cc(Br)ccc1N1C(=O)[C@H]2CCCC[C@H]2C1=O. The summed E-state index contributed by atoms with van der Waals surface area (Å²) in [7, 11) is 0. The average Bonchev–Trinajstić information content (AvgIpc) is 2.64. The van der Waals surface area contributed by atoms with Crippen molar-refractivity contribution in [1.82, 2.24) is 0 Å². The Kier molecular flexibility index (Phi) is 3.21. The van der Waals surface area contributed by atoms with Gasteiger partial charge in [-0.15, -0.1) is 0 Å². The highest BCUT2D eigenvalue weighted by molar-refractivity contribution is 9.10. The van der Waals surface area contributed by atoms with E-state index in [4.69, 9.17) is 0 Å². The Morgan fingerprint density at radius 2 is 1.68 bits per heavy atom. The Morgan fingerprint density at radius 3 is 2.21 bits per heavy atom. The van der Waals surface area contributed by atoms with E-state index in [-0.39, 0.29) is 23.7 Å². The second-order valence-electron chi connectivity index (χ2n) is 5.44. The fourth-order valence-electron chi connectivity index (χ4n) is 3.27. The third-order valence-corrected chi connectivity index (χ3v) is 4.73. The molecule has 1 aromatic carbocycles. The van der Waals surface area contributed by atoms with Crippen molar-refractivity contribution in [2.75, 3.05) is 4.90 Å². The molecule has 1 aliphatic heterocycles. The van der Waals surface area contributed by atoms with Crippen LogP contribution < -0.4 is 4.90 Å². The summed E-state index contributed by atoms with van der Waals surface area (Å²) in [6.07, 6.45) is 3.85. The Hall–Kier alpha value is -1.16. The summed E-state index contributed by atoms with van der Waals surface area (Å²) in [5, 5.41) is 0. The van der Waals surface area contributed by atoms with Gasteiger partial charge in [-0.2, -0.15) is 0 Å². The highest BCUT2D eigenvalue weighted by Crippen LogP contribution is 2.41. The van der Waals surface area contributed by atoms with Gasteiger partial charge in [-0.1, -0.05) is 28.8 Å². The van der Waals surface area contributed by atoms with E-state index in [9.17, 15) is 9.59 Å². The van der Waals surface area contributed by atoms with Crippen LogP contribution in [-0.4, -0.2) is 11.8 Å². The molecule has 0 radical (unpaired) electrons. The number of aryl methyl sites for hydroxylation is 1. The lowest BCUT2D eigenvalue weighted by atomic mass is 9.81. The number of hydrogen-bond donors (Lipinski definition) is 0. The quantitative estimate of drug-likeness (QED) is 0.743. The Labute approximate surface area is 121 Å². The fourth-order valence-corrected chi connectivity index (χ4v) is 3.75. The highest BCUT2D eigenvalue weighted by atomic mass is 79.9. The smallest absolute Gasteiger partial charge is 0.237 e. The molecule has 1 saturated heterocycles. The molecular formula is C15H16BrNO2. The van der Waals surface area contributed by atoms with Crippen LogP contribution in [0, 0.1) is 18.8 Å². The van der Waals surface area contributed by atoms with Crippen LogP contribution in [0.2, 0.25) is 0 Å². The molecule has 1 heterocycles. The first kappa shape index (κ1) is 12.9. The summed E-state index contributed by atoms with van der Waals surface area (Å²) in [6, 6.07) is 5.68. The fraction of sp³-hybridized carbons (Fsp3) is 0.467. The van der Waals surface area contributed by atoms with E-state index in [1.165, 1.54) is 4.90 Å². The summed E-state index contributed by atoms with van der Waals surface area (Å²) >= 11 is 3.41. The molecule has 0 N–H and O–H groups in total. The third-order valence-electron chi connectivity index (χ3n) is 4.24. The summed E-state index contributed by atoms with van der Waals surface area (Å²) in [5.74, 6) is -0.158. The van der Waals surface area contributed by atoms with E-state index in [0.717, 1.165) is 41.4 Å². The van der Waals surface area contributed by atoms with Gasteiger partial charge >= 0.3 is 0 Å². The number of benzene rings is 1. The molecule has 0 spiro atoms. The zero-order valence-corrected chi connectivity index (χ0v) is 12.4. The minimum absolute atomic E-state index is 0.000113. The summed E-state index contributed by atoms with van der Waals surface area (Å²) in [5.41, 5.74) is 1.70. The molecule has 1 aliphatic carbocycles. The van der Waals surface area contributed by atoms with Crippen LogP contribution in [-0.2, 0) is 9.59 Å². The lowest BCUT2D eigenvalue weighted by Crippen LogP contribution is -2.31. The Morgan fingerprint density at radius 1 is 1.11 bits per heavy atom. The average molecular weight is 322 g/mol. The van der Waals surface area contributed by atoms with Crippen molar-refractivity contribution in [3.8, 4) is 0 Å². The first-order valence-electron chi connectivity index (χ1n) is 6.73. The van der Waals surface area contributed by atoms with Crippen LogP contribution in [0.15, 0.2) is 22.7 Å². The predicted octanol–water partition coefficient (Wildman–Crippen LogP) is 3.44. The summed E-state index contributed by atoms with van der Waals surface area (Å²) in [6.45, 7) is 1.93. The number of carbonyl (C=O) groups is 2. The molecule has 3 rings (SSSR count). The van der Waals surface area contributed by atoms with Crippen molar-refractivity contribution in [3.63, 3.8) is 0 Å². The van der Waals surface area contributed by atoms with Crippen LogP contribution in [0.25, 0.3) is 0 Å². The van der Waals surface area contributed by atoms with Gasteiger partial charge in [-0.3, -0.25) is 9.59 Å². The second-order valence-corrected chi connectivity index (χ2v) is 6.36. The number of imide groups is 1. The van der Waals surface area contributed by atoms with Gasteiger partial charge in [0.2, 0.25) is 11.8 Å². The van der Waals surface area contributed by atoms with Gasteiger partial charge in [0.15, 0.2) is 0 Å². The lowest BCUT2D eigenvalue weighted by Gasteiger charge is -2.19. The van der Waals surface area contributed by atoms with Crippen LogP contribution in [0.5, 0.6) is 0 Å². The summed E-state index contributed by atoms with van der Waals surface area (Å²) in [4.78, 5) is 26.4. The molecule has 0 unspecified atom stereocenters. The Balaban J connectivity index is 2.00. The maximum absolute atomic E-state index is 12.5.